The van der Waals surface area contributed by atoms with Crippen molar-refractivity contribution < 1.29 is 69.6 Å². The Balaban J connectivity index is 0.000000239. The second kappa shape index (κ2) is 22.1. The van der Waals surface area contributed by atoms with Gasteiger partial charge in [-0.05, 0) is 36.4 Å². The number of cyclic esters (lactones) is 2. The van der Waals surface area contributed by atoms with Gasteiger partial charge in [0.2, 0.25) is 5.91 Å². The summed E-state index contributed by atoms with van der Waals surface area (Å²) in [6, 6.07) is 8.63. The van der Waals surface area contributed by atoms with Gasteiger partial charge in [0.15, 0.2) is 6.61 Å². The maximum atomic E-state index is 14.8. The molecule has 4 fully saturated rings. The van der Waals surface area contributed by atoms with Gasteiger partial charge in [-0.3, -0.25) is 24.2 Å². The van der Waals surface area contributed by atoms with Crippen LogP contribution in [0.15, 0.2) is 36.4 Å². The van der Waals surface area contributed by atoms with E-state index in [0.717, 1.165) is 0 Å². The molecule has 344 valence electrons. The van der Waals surface area contributed by atoms with Gasteiger partial charge in [-0.1, -0.05) is 24.4 Å². The summed E-state index contributed by atoms with van der Waals surface area (Å²) in [6.07, 6.45) is -8.42. The number of nitrogens with zero attached hydrogens (tertiary/aromatic N) is 6. The molecule has 63 heavy (non-hydrogen) atoms. The highest BCUT2D eigenvalue weighted by molar-refractivity contribution is 7.80. The Morgan fingerprint density at radius 3 is 1.46 bits per heavy atom. The number of hydrogen-bond donors (Lipinski definition) is 3. The fourth-order valence-electron chi connectivity index (χ4n) is 6.85. The SMILES string of the molecule is CC(=O)OCC(=O)N1CCN(c2ccc(N3C[C@H](CNC(=S)C(F)F)OC3=O)cc2F)CC1.O=C(CO)N1CCN(c2ccc(N3C[C@H](CNC(=S)C(F)F)OC3=O)cc2F)CC1. The van der Waals surface area contributed by atoms with Crippen LogP contribution in [0.3, 0.4) is 0 Å². The fraction of sp³-hybridized carbons (Fsp3) is 0.500. The molecule has 2 aromatic carbocycles. The third-order valence-electron chi connectivity index (χ3n) is 10.1. The van der Waals surface area contributed by atoms with Gasteiger partial charge in [-0.2, -0.15) is 0 Å². The topological polar surface area (TPSA) is 177 Å². The summed E-state index contributed by atoms with van der Waals surface area (Å²) in [5, 5.41) is 13.6. The number of halogens is 6. The van der Waals surface area contributed by atoms with E-state index < -0.39 is 71.4 Å². The third-order valence-corrected chi connectivity index (χ3v) is 10.8. The van der Waals surface area contributed by atoms with Gasteiger partial charge in [0.1, 0.15) is 40.4 Å². The zero-order chi connectivity index (χ0) is 46.0. The molecule has 0 aromatic heterocycles. The number of hydrogen-bond acceptors (Lipinski definition) is 13. The van der Waals surface area contributed by atoms with E-state index in [1.165, 1.54) is 39.8 Å². The van der Waals surface area contributed by atoms with E-state index in [0.29, 0.717) is 63.7 Å². The number of aliphatic hydroxyl groups is 1. The van der Waals surface area contributed by atoms with E-state index in [-0.39, 0.29) is 56.0 Å². The molecule has 4 amide bonds. The summed E-state index contributed by atoms with van der Waals surface area (Å²) in [6.45, 7) is 3.32. The first-order valence-electron chi connectivity index (χ1n) is 19.4. The number of alkyl halides is 4. The van der Waals surface area contributed by atoms with Crippen LogP contribution in [0.2, 0.25) is 0 Å². The van der Waals surface area contributed by atoms with Gasteiger partial charge in [-0.15, -0.1) is 0 Å². The number of rotatable bonds is 13. The van der Waals surface area contributed by atoms with Gasteiger partial charge in [0, 0.05) is 59.3 Å². The summed E-state index contributed by atoms with van der Waals surface area (Å²) in [4.78, 5) is 66.4. The Morgan fingerprint density at radius 2 is 1.11 bits per heavy atom. The predicted octanol–water partition coefficient (Wildman–Crippen LogP) is 2.52. The molecule has 6 rings (SSSR count). The monoisotopic (exact) mass is 934 g/mol. The molecule has 4 aliphatic heterocycles. The molecule has 4 saturated heterocycles. The number of benzene rings is 2. The summed E-state index contributed by atoms with van der Waals surface area (Å²) in [5.74, 6) is -2.31. The molecule has 17 nitrogen and oxygen atoms in total. The van der Waals surface area contributed by atoms with Crippen LogP contribution in [0.4, 0.5) is 58.7 Å². The summed E-state index contributed by atoms with van der Waals surface area (Å²) in [7, 11) is 0. The number of ether oxygens (including phenoxy) is 3. The number of piperazine rings is 2. The smallest absolute Gasteiger partial charge is 0.414 e. The van der Waals surface area contributed by atoms with Crippen LogP contribution in [-0.4, -0.2) is 172 Å². The molecule has 0 aliphatic carbocycles. The van der Waals surface area contributed by atoms with Crippen molar-refractivity contribution in [3.8, 4) is 0 Å². The number of thiocarbonyl (C=S) groups is 2. The van der Waals surface area contributed by atoms with Crippen molar-refractivity contribution in [2.45, 2.75) is 32.0 Å². The Morgan fingerprint density at radius 1 is 0.714 bits per heavy atom. The lowest BCUT2D eigenvalue weighted by atomic mass is 10.2. The van der Waals surface area contributed by atoms with Crippen LogP contribution in [0, 0.1) is 11.6 Å². The van der Waals surface area contributed by atoms with Crippen LogP contribution in [-0.2, 0) is 28.6 Å². The predicted molar refractivity (Wildman–Crippen MR) is 223 cm³/mol. The van der Waals surface area contributed by atoms with Crippen molar-refractivity contribution in [3.05, 3.63) is 48.0 Å². The molecule has 0 radical (unpaired) electrons. The number of nitrogens with one attached hydrogen (secondary N) is 2. The van der Waals surface area contributed by atoms with Crippen molar-refractivity contribution >= 4 is 87.1 Å². The Bertz CT molecular complexity index is 2030. The number of esters is 1. The van der Waals surface area contributed by atoms with Gasteiger partial charge in [0.25, 0.3) is 18.8 Å². The van der Waals surface area contributed by atoms with Crippen molar-refractivity contribution in [1.29, 1.82) is 0 Å². The number of carbonyl (C=O) groups excluding carboxylic acids is 5. The molecule has 0 unspecified atom stereocenters. The number of aliphatic hydroxyl groups excluding tert-OH is 1. The van der Waals surface area contributed by atoms with E-state index in [1.54, 1.807) is 32.9 Å². The summed E-state index contributed by atoms with van der Waals surface area (Å²) >= 11 is 8.98. The van der Waals surface area contributed by atoms with E-state index in [9.17, 15) is 50.3 Å². The van der Waals surface area contributed by atoms with Crippen LogP contribution in [0.25, 0.3) is 0 Å². The highest BCUT2D eigenvalue weighted by Crippen LogP contribution is 2.30. The highest BCUT2D eigenvalue weighted by atomic mass is 32.1. The van der Waals surface area contributed by atoms with Crippen LogP contribution >= 0.6 is 24.4 Å². The lowest BCUT2D eigenvalue weighted by Crippen LogP contribution is -2.50. The highest BCUT2D eigenvalue weighted by Gasteiger charge is 2.35. The fourth-order valence-corrected chi connectivity index (χ4v) is 7.02. The number of anilines is 4. The number of amides is 4. The first-order chi connectivity index (χ1) is 29.9. The molecule has 25 heteroatoms. The van der Waals surface area contributed by atoms with Gasteiger partial charge >= 0.3 is 18.2 Å². The molecule has 2 atom stereocenters. The minimum atomic E-state index is -2.80. The van der Waals surface area contributed by atoms with Crippen molar-refractivity contribution in [2.75, 3.05) is 111 Å². The number of carbonyl (C=O) groups is 5. The average molecular weight is 935 g/mol. The second-order valence-corrected chi connectivity index (χ2v) is 15.1. The Hall–Kier alpha value is -5.69. The van der Waals surface area contributed by atoms with E-state index in [4.69, 9.17) is 19.3 Å². The lowest BCUT2D eigenvalue weighted by molar-refractivity contribution is -0.150. The first kappa shape index (κ1) is 48.3. The van der Waals surface area contributed by atoms with Crippen LogP contribution in [0.5, 0.6) is 0 Å². The Kier molecular flexibility index (Phi) is 17.0. The maximum Gasteiger partial charge on any atom is 0.414 e. The molecule has 0 saturated carbocycles. The molecular weight excluding hydrogens is 891 g/mol. The standard InChI is InChI=1S/C20H23F3N4O5S.C18H21F3N4O4S/c1-12(28)31-11-17(29)26-6-4-25(5-7-26)16-3-2-13(8-15(16)21)27-10-14(32-20(27)30)9-24-19(33)18(22)23;19-13-7-11(25-9-12(29-18(25)28)8-22-17(30)16(20)21)1-2-14(13)23-3-5-24(6-4-23)15(27)10-26/h2-3,8,14,18H,4-7,9-11H2,1H3,(H,24,33);1-2,7,12,16,26H,3-6,8-10H2,(H,22,30)/t14-;12-/m00/s1. The van der Waals surface area contributed by atoms with Crippen molar-refractivity contribution in [3.63, 3.8) is 0 Å². The van der Waals surface area contributed by atoms with Gasteiger partial charge < -0.3 is 49.6 Å². The third kappa shape index (κ3) is 12.9. The maximum absolute atomic E-state index is 14.8. The van der Waals surface area contributed by atoms with E-state index in [2.05, 4.69) is 35.1 Å². The van der Waals surface area contributed by atoms with E-state index in [1.807, 2.05) is 0 Å². The lowest BCUT2D eigenvalue weighted by Gasteiger charge is -2.36. The molecule has 4 heterocycles. The molecule has 0 spiro atoms. The molecular formula is C38H44F6N8O9S2. The molecule has 2 aromatic rings. The van der Waals surface area contributed by atoms with Crippen LogP contribution in [0.1, 0.15) is 6.92 Å². The zero-order valence-electron chi connectivity index (χ0n) is 33.7. The minimum Gasteiger partial charge on any atom is -0.456 e. The average Bonchev–Trinajstić information content (AvgIpc) is 3.84. The van der Waals surface area contributed by atoms with Crippen molar-refractivity contribution in [1.82, 2.24) is 20.4 Å². The molecule has 4 aliphatic rings. The van der Waals surface area contributed by atoms with Gasteiger partial charge in [-0.25, -0.2) is 35.9 Å². The minimum absolute atomic E-state index is 0.0551. The normalized spacial score (nSPS) is 18.8. The van der Waals surface area contributed by atoms with Gasteiger partial charge in [0.05, 0.1) is 48.9 Å². The van der Waals surface area contributed by atoms with Crippen LogP contribution < -0.4 is 30.2 Å². The summed E-state index contributed by atoms with van der Waals surface area (Å²) in [5.41, 5.74) is 1.21. The molecule has 0 bridgehead atoms. The van der Waals surface area contributed by atoms with E-state index >= 15 is 0 Å². The quantitative estimate of drug-likeness (QED) is 0.116. The summed E-state index contributed by atoms with van der Waals surface area (Å²) < 4.78 is 94.4. The molecule has 3 N–H and O–H groups in total. The second-order valence-electron chi connectivity index (χ2n) is 14.3. The zero-order valence-corrected chi connectivity index (χ0v) is 35.3. The largest absolute Gasteiger partial charge is 0.456 e. The van der Waals surface area contributed by atoms with Crippen molar-refractivity contribution in [2.24, 2.45) is 0 Å². The first-order valence-corrected chi connectivity index (χ1v) is 20.2. The Labute approximate surface area is 367 Å².